The Balaban J connectivity index is 2.76. The van der Waals surface area contributed by atoms with Gasteiger partial charge < -0.3 is 5.73 Å². The predicted molar refractivity (Wildman–Crippen MR) is 46.5 cm³/mol. The van der Waals surface area contributed by atoms with Crippen LogP contribution in [0.3, 0.4) is 0 Å². The number of nitrogen functional groups attached to an aromatic ring is 1. The van der Waals surface area contributed by atoms with Crippen LogP contribution in [-0.2, 0) is 0 Å². The lowest BCUT2D eigenvalue weighted by atomic mass is 9.96. The second-order valence-electron chi connectivity index (χ2n) is 2.68. The van der Waals surface area contributed by atoms with Crippen molar-refractivity contribution in [2.45, 2.75) is 0 Å². The first-order valence-corrected chi connectivity index (χ1v) is 3.71. The van der Waals surface area contributed by atoms with Gasteiger partial charge in [0, 0.05) is 11.8 Å². The van der Waals surface area contributed by atoms with Crippen LogP contribution in [0.4, 0.5) is 5.82 Å². The van der Waals surface area contributed by atoms with Crippen molar-refractivity contribution in [3.63, 3.8) is 0 Å². The number of hydrogen-bond donors (Lipinski definition) is 1. The number of aromatic nitrogens is 1. The molecule has 0 amide bonds. The summed E-state index contributed by atoms with van der Waals surface area (Å²) in [6, 6.07) is 1.50. The molecule has 13 heavy (non-hydrogen) atoms. The highest BCUT2D eigenvalue weighted by Crippen LogP contribution is 2.20. The van der Waals surface area contributed by atoms with E-state index in [9.17, 15) is 9.59 Å². The monoisotopic (exact) mass is 174 g/mol. The standard InChI is InChI=1S/C9H6N2O2/c10-9-8-5(3-4-11-9)6(12)1-2-7(8)13/h1-4H,(H2,10,11). The van der Waals surface area contributed by atoms with Crippen molar-refractivity contribution in [1.82, 2.24) is 4.98 Å². The SMILES string of the molecule is Nc1nccc2c1C(=O)C=CC2=O. The van der Waals surface area contributed by atoms with Crippen LogP contribution in [0.15, 0.2) is 24.4 Å². The number of anilines is 1. The van der Waals surface area contributed by atoms with Crippen molar-refractivity contribution in [2.24, 2.45) is 0 Å². The van der Waals surface area contributed by atoms with E-state index >= 15 is 0 Å². The molecule has 0 atom stereocenters. The van der Waals surface area contributed by atoms with Crippen molar-refractivity contribution < 1.29 is 9.59 Å². The maximum atomic E-state index is 11.3. The maximum Gasteiger partial charge on any atom is 0.190 e. The molecule has 0 unspecified atom stereocenters. The van der Waals surface area contributed by atoms with Crippen molar-refractivity contribution in [3.8, 4) is 0 Å². The largest absolute Gasteiger partial charge is 0.383 e. The minimum atomic E-state index is -0.264. The van der Waals surface area contributed by atoms with E-state index in [2.05, 4.69) is 4.98 Å². The lowest BCUT2D eigenvalue weighted by Gasteiger charge is -2.09. The number of rotatable bonds is 0. The number of fused-ring (bicyclic) bond motifs is 1. The molecule has 4 heteroatoms. The zero-order valence-electron chi connectivity index (χ0n) is 6.65. The highest BCUT2D eigenvalue weighted by Gasteiger charge is 2.21. The quantitative estimate of drug-likeness (QED) is 0.625. The molecule has 1 aromatic heterocycles. The zero-order chi connectivity index (χ0) is 9.42. The second-order valence-corrected chi connectivity index (χ2v) is 2.68. The van der Waals surface area contributed by atoms with Gasteiger partial charge in [0.2, 0.25) is 0 Å². The Morgan fingerprint density at radius 2 is 1.85 bits per heavy atom. The molecule has 1 aliphatic rings. The molecular formula is C9H6N2O2. The van der Waals surface area contributed by atoms with Crippen LogP contribution in [-0.4, -0.2) is 16.6 Å². The molecule has 1 aliphatic carbocycles. The molecule has 0 aliphatic heterocycles. The molecule has 0 saturated carbocycles. The predicted octanol–water partition coefficient (Wildman–Crippen LogP) is 0.599. The Bertz CT molecular complexity index is 435. The highest BCUT2D eigenvalue weighted by atomic mass is 16.1. The Morgan fingerprint density at radius 3 is 2.54 bits per heavy atom. The van der Waals surface area contributed by atoms with Crippen LogP contribution >= 0.6 is 0 Å². The summed E-state index contributed by atoms with van der Waals surface area (Å²) < 4.78 is 0. The number of nitrogens with zero attached hydrogens (tertiary/aromatic N) is 1. The number of pyridine rings is 1. The molecule has 2 N–H and O–H groups in total. The molecule has 0 fully saturated rings. The highest BCUT2D eigenvalue weighted by molar-refractivity contribution is 6.23. The number of nitrogens with two attached hydrogens (primary N) is 1. The van der Waals surface area contributed by atoms with E-state index in [1.807, 2.05) is 0 Å². The molecule has 64 valence electrons. The number of allylic oxidation sites excluding steroid dienone is 2. The summed E-state index contributed by atoms with van der Waals surface area (Å²) in [5.74, 6) is -0.357. The number of carbonyl (C=O) groups excluding carboxylic acids is 2. The van der Waals surface area contributed by atoms with Crippen LogP contribution in [0.5, 0.6) is 0 Å². The van der Waals surface area contributed by atoms with E-state index in [1.165, 1.54) is 24.4 Å². The first-order chi connectivity index (χ1) is 6.20. The lowest BCUT2D eigenvalue weighted by molar-refractivity contribution is 0.0994. The summed E-state index contributed by atoms with van der Waals surface area (Å²) in [5, 5.41) is 0. The van der Waals surface area contributed by atoms with Crippen molar-refractivity contribution >= 4 is 17.4 Å². The van der Waals surface area contributed by atoms with Gasteiger partial charge in [0.15, 0.2) is 11.6 Å². The third-order valence-corrected chi connectivity index (χ3v) is 1.88. The van der Waals surface area contributed by atoms with E-state index in [0.717, 1.165) is 0 Å². The van der Waals surface area contributed by atoms with Gasteiger partial charge in [0.05, 0.1) is 5.56 Å². The van der Waals surface area contributed by atoms with E-state index in [1.54, 1.807) is 0 Å². The molecule has 0 aromatic carbocycles. The van der Waals surface area contributed by atoms with Crippen LogP contribution in [0, 0.1) is 0 Å². The number of hydrogen-bond acceptors (Lipinski definition) is 4. The van der Waals surface area contributed by atoms with Crippen LogP contribution in [0.25, 0.3) is 0 Å². The molecule has 0 saturated heterocycles. The number of carbonyl (C=O) groups is 2. The molecule has 0 bridgehead atoms. The first-order valence-electron chi connectivity index (χ1n) is 3.71. The van der Waals surface area contributed by atoms with E-state index < -0.39 is 0 Å². The van der Waals surface area contributed by atoms with E-state index in [-0.39, 0.29) is 22.9 Å². The van der Waals surface area contributed by atoms with Crippen LogP contribution in [0.2, 0.25) is 0 Å². The summed E-state index contributed by atoms with van der Waals surface area (Å²) in [7, 11) is 0. The maximum absolute atomic E-state index is 11.3. The molecular weight excluding hydrogens is 168 g/mol. The van der Waals surface area contributed by atoms with Crippen LogP contribution < -0.4 is 5.73 Å². The first kappa shape index (κ1) is 7.67. The second kappa shape index (κ2) is 2.52. The van der Waals surface area contributed by atoms with Gasteiger partial charge in [0.1, 0.15) is 5.82 Å². The molecule has 0 radical (unpaired) electrons. The van der Waals surface area contributed by atoms with Crippen molar-refractivity contribution in [2.75, 3.05) is 5.73 Å². The molecule has 0 spiro atoms. The van der Waals surface area contributed by atoms with Gasteiger partial charge in [0.25, 0.3) is 0 Å². The third-order valence-electron chi connectivity index (χ3n) is 1.88. The normalized spacial score (nSPS) is 14.5. The summed E-state index contributed by atoms with van der Waals surface area (Å²) in [6.45, 7) is 0. The van der Waals surface area contributed by atoms with Gasteiger partial charge in [-0.05, 0) is 18.2 Å². The fraction of sp³-hybridized carbons (Fsp3) is 0. The van der Waals surface area contributed by atoms with Gasteiger partial charge in [-0.3, -0.25) is 9.59 Å². The molecule has 1 heterocycles. The van der Waals surface area contributed by atoms with Gasteiger partial charge in [-0.15, -0.1) is 0 Å². The Hall–Kier alpha value is -1.97. The lowest BCUT2D eigenvalue weighted by Crippen LogP contribution is -2.14. The Labute approximate surface area is 74.1 Å². The van der Waals surface area contributed by atoms with Crippen molar-refractivity contribution in [3.05, 3.63) is 35.5 Å². The molecule has 2 rings (SSSR count). The zero-order valence-corrected chi connectivity index (χ0v) is 6.65. The van der Waals surface area contributed by atoms with Gasteiger partial charge in [-0.25, -0.2) is 4.98 Å². The van der Waals surface area contributed by atoms with Gasteiger partial charge in [-0.1, -0.05) is 0 Å². The average molecular weight is 174 g/mol. The van der Waals surface area contributed by atoms with Crippen molar-refractivity contribution in [1.29, 1.82) is 0 Å². The minimum absolute atomic E-state index is 0.111. The molecule has 4 nitrogen and oxygen atoms in total. The topological polar surface area (TPSA) is 73.0 Å². The smallest absolute Gasteiger partial charge is 0.190 e. The Morgan fingerprint density at radius 1 is 1.15 bits per heavy atom. The van der Waals surface area contributed by atoms with E-state index in [4.69, 9.17) is 5.73 Å². The fourth-order valence-corrected chi connectivity index (χ4v) is 1.27. The number of ketones is 2. The summed E-state index contributed by atoms with van der Waals surface area (Å²) in [4.78, 5) is 26.3. The third kappa shape index (κ3) is 1.03. The van der Waals surface area contributed by atoms with Crippen LogP contribution in [0.1, 0.15) is 20.7 Å². The van der Waals surface area contributed by atoms with E-state index in [0.29, 0.717) is 5.56 Å². The van der Waals surface area contributed by atoms with Gasteiger partial charge >= 0.3 is 0 Å². The molecule has 1 aromatic rings. The summed E-state index contributed by atoms with van der Waals surface area (Å²) in [6.07, 6.45) is 3.87. The fourth-order valence-electron chi connectivity index (χ4n) is 1.27. The van der Waals surface area contributed by atoms with Gasteiger partial charge in [-0.2, -0.15) is 0 Å². The minimum Gasteiger partial charge on any atom is -0.383 e. The Kier molecular flexibility index (Phi) is 1.48. The summed E-state index contributed by atoms with van der Waals surface area (Å²) in [5.41, 5.74) is 6.03. The summed E-state index contributed by atoms with van der Waals surface area (Å²) >= 11 is 0. The average Bonchev–Trinajstić information content (AvgIpc) is 2.12.